The van der Waals surface area contributed by atoms with E-state index in [1.54, 1.807) is 23.4 Å². The van der Waals surface area contributed by atoms with Gasteiger partial charge in [-0.15, -0.1) is 0 Å². The van der Waals surface area contributed by atoms with Gasteiger partial charge in [0.25, 0.3) is 0 Å². The predicted molar refractivity (Wildman–Crippen MR) is 61.8 cm³/mol. The molecule has 16 heavy (non-hydrogen) atoms. The van der Waals surface area contributed by atoms with Crippen molar-refractivity contribution < 1.29 is 0 Å². The van der Waals surface area contributed by atoms with Crippen LogP contribution in [0.1, 0.15) is 5.82 Å². The molecule has 0 fully saturated rings. The average Bonchev–Trinajstić information content (AvgIpc) is 2.65. The molecule has 0 saturated carbocycles. The summed E-state index contributed by atoms with van der Waals surface area (Å²) in [7, 11) is 3.83. The van der Waals surface area contributed by atoms with Crippen LogP contribution in [0.3, 0.4) is 0 Å². The summed E-state index contributed by atoms with van der Waals surface area (Å²) in [6.45, 7) is 0.657. The summed E-state index contributed by atoms with van der Waals surface area (Å²) in [5, 5.41) is 4.02. The molecule has 0 aromatic carbocycles. The van der Waals surface area contributed by atoms with Gasteiger partial charge >= 0.3 is 0 Å². The first kappa shape index (κ1) is 10.4. The highest BCUT2D eigenvalue weighted by atomic mass is 15.3. The Bertz CT molecular complexity index is 478. The Morgan fingerprint density at radius 2 is 2.31 bits per heavy atom. The van der Waals surface area contributed by atoms with E-state index >= 15 is 0 Å². The molecular formula is C10H14N6. The third-order valence-corrected chi connectivity index (χ3v) is 2.42. The number of hydrogen-bond donors (Lipinski definition) is 1. The number of nitrogens with two attached hydrogens (primary N) is 1. The van der Waals surface area contributed by atoms with Crippen LogP contribution in [0.4, 0.5) is 11.4 Å². The second-order valence-electron chi connectivity index (χ2n) is 3.59. The van der Waals surface area contributed by atoms with Gasteiger partial charge in [0.1, 0.15) is 12.2 Å². The Hall–Kier alpha value is -2.11. The number of aromatic nitrogens is 4. The summed E-state index contributed by atoms with van der Waals surface area (Å²) in [5.41, 5.74) is 7.44. The zero-order chi connectivity index (χ0) is 11.5. The molecule has 6 heteroatoms. The lowest BCUT2D eigenvalue weighted by Crippen LogP contribution is -2.20. The van der Waals surface area contributed by atoms with Gasteiger partial charge in [-0.2, -0.15) is 5.10 Å². The molecule has 6 nitrogen and oxygen atoms in total. The molecule has 0 spiro atoms. The second kappa shape index (κ2) is 4.18. The van der Waals surface area contributed by atoms with Crippen molar-refractivity contribution in [3.8, 4) is 0 Å². The minimum Gasteiger partial charge on any atom is -0.396 e. The maximum atomic E-state index is 5.84. The van der Waals surface area contributed by atoms with Crippen molar-refractivity contribution >= 4 is 11.4 Å². The van der Waals surface area contributed by atoms with Crippen LogP contribution in [0.5, 0.6) is 0 Å². The van der Waals surface area contributed by atoms with Crippen molar-refractivity contribution in [3.63, 3.8) is 0 Å². The maximum absolute atomic E-state index is 5.84. The molecule has 0 bridgehead atoms. The fourth-order valence-electron chi connectivity index (χ4n) is 1.51. The Morgan fingerprint density at radius 3 is 2.94 bits per heavy atom. The highest BCUT2D eigenvalue weighted by molar-refractivity contribution is 5.65. The number of nitrogen functional groups attached to an aromatic ring is 1. The molecule has 0 radical (unpaired) electrons. The predicted octanol–water partition coefficient (Wildman–Crippen LogP) is 0.429. The molecule has 2 heterocycles. The molecule has 2 N–H and O–H groups in total. The first-order valence-corrected chi connectivity index (χ1v) is 4.92. The van der Waals surface area contributed by atoms with Gasteiger partial charge in [0, 0.05) is 20.3 Å². The van der Waals surface area contributed by atoms with Crippen molar-refractivity contribution in [1.29, 1.82) is 0 Å². The number of pyridine rings is 1. The van der Waals surface area contributed by atoms with Gasteiger partial charge in [0.2, 0.25) is 0 Å². The lowest BCUT2D eigenvalue weighted by molar-refractivity contribution is 0.689. The first-order valence-electron chi connectivity index (χ1n) is 4.92. The van der Waals surface area contributed by atoms with E-state index in [9.17, 15) is 0 Å². The number of hydrogen-bond acceptors (Lipinski definition) is 5. The van der Waals surface area contributed by atoms with Gasteiger partial charge in [0.15, 0.2) is 0 Å². The molecule has 0 amide bonds. The number of rotatable bonds is 3. The van der Waals surface area contributed by atoms with Crippen LogP contribution in [0, 0.1) is 0 Å². The quantitative estimate of drug-likeness (QED) is 0.808. The van der Waals surface area contributed by atoms with Gasteiger partial charge in [-0.3, -0.25) is 9.67 Å². The van der Waals surface area contributed by atoms with Crippen molar-refractivity contribution in [2.75, 3.05) is 17.7 Å². The molecule has 2 aromatic heterocycles. The highest BCUT2D eigenvalue weighted by Crippen LogP contribution is 2.20. The maximum Gasteiger partial charge on any atom is 0.146 e. The lowest BCUT2D eigenvalue weighted by atomic mass is 10.3. The van der Waals surface area contributed by atoms with Crippen LogP contribution in [0.25, 0.3) is 0 Å². The lowest BCUT2D eigenvalue weighted by Gasteiger charge is -2.19. The third kappa shape index (κ3) is 1.95. The van der Waals surface area contributed by atoms with Crippen LogP contribution >= 0.6 is 0 Å². The normalized spacial score (nSPS) is 10.4. The molecule has 0 saturated heterocycles. The van der Waals surface area contributed by atoms with E-state index in [1.165, 1.54) is 0 Å². The highest BCUT2D eigenvalue weighted by Gasteiger charge is 2.08. The fraction of sp³-hybridized carbons (Fsp3) is 0.300. The summed E-state index contributed by atoms with van der Waals surface area (Å²) in [4.78, 5) is 10.1. The van der Waals surface area contributed by atoms with E-state index in [2.05, 4.69) is 15.1 Å². The van der Waals surface area contributed by atoms with Crippen LogP contribution in [0.2, 0.25) is 0 Å². The van der Waals surface area contributed by atoms with Crippen molar-refractivity contribution in [2.24, 2.45) is 7.05 Å². The van der Waals surface area contributed by atoms with Crippen molar-refractivity contribution in [1.82, 2.24) is 19.7 Å². The van der Waals surface area contributed by atoms with Gasteiger partial charge in [0.05, 0.1) is 24.1 Å². The zero-order valence-corrected chi connectivity index (χ0v) is 9.33. The summed E-state index contributed by atoms with van der Waals surface area (Å²) in [5.74, 6) is 0.888. The molecule has 0 aliphatic carbocycles. The number of nitrogens with zero attached hydrogens (tertiary/aromatic N) is 5. The largest absolute Gasteiger partial charge is 0.396 e. The summed E-state index contributed by atoms with van der Waals surface area (Å²) >= 11 is 0. The van der Waals surface area contributed by atoms with E-state index in [1.807, 2.05) is 25.1 Å². The first-order chi connectivity index (χ1) is 7.68. The fourth-order valence-corrected chi connectivity index (χ4v) is 1.51. The minimum absolute atomic E-state index is 0.657. The van der Waals surface area contributed by atoms with Crippen LogP contribution in [-0.4, -0.2) is 26.8 Å². The topological polar surface area (TPSA) is 72.9 Å². The van der Waals surface area contributed by atoms with E-state index in [0.717, 1.165) is 11.5 Å². The van der Waals surface area contributed by atoms with Crippen LogP contribution in [-0.2, 0) is 13.6 Å². The molecule has 0 aliphatic rings. The number of aryl methyl sites for hydroxylation is 1. The molecule has 0 aliphatic heterocycles. The Morgan fingerprint density at radius 1 is 1.50 bits per heavy atom. The van der Waals surface area contributed by atoms with Gasteiger partial charge in [-0.25, -0.2) is 4.98 Å². The molecule has 0 unspecified atom stereocenters. The monoisotopic (exact) mass is 218 g/mol. The van der Waals surface area contributed by atoms with Crippen LogP contribution in [0.15, 0.2) is 24.8 Å². The minimum atomic E-state index is 0.657. The van der Waals surface area contributed by atoms with Crippen molar-refractivity contribution in [2.45, 2.75) is 6.54 Å². The van der Waals surface area contributed by atoms with E-state index in [-0.39, 0.29) is 0 Å². The third-order valence-electron chi connectivity index (χ3n) is 2.42. The smallest absolute Gasteiger partial charge is 0.146 e. The summed E-state index contributed by atoms with van der Waals surface area (Å²) in [6.07, 6.45) is 4.90. The summed E-state index contributed by atoms with van der Waals surface area (Å²) in [6, 6.07) is 1.88. The second-order valence-corrected chi connectivity index (χ2v) is 3.59. The Labute approximate surface area is 93.7 Å². The van der Waals surface area contributed by atoms with E-state index in [4.69, 9.17) is 5.73 Å². The van der Waals surface area contributed by atoms with Gasteiger partial charge in [-0.1, -0.05) is 0 Å². The molecule has 2 rings (SSSR count). The Kier molecular flexibility index (Phi) is 2.72. The molecule has 0 atom stereocenters. The van der Waals surface area contributed by atoms with Gasteiger partial charge < -0.3 is 10.6 Å². The number of anilines is 2. The molecule has 2 aromatic rings. The van der Waals surface area contributed by atoms with Crippen LogP contribution < -0.4 is 10.6 Å². The van der Waals surface area contributed by atoms with E-state index < -0.39 is 0 Å². The van der Waals surface area contributed by atoms with Crippen molar-refractivity contribution in [3.05, 3.63) is 30.6 Å². The standard InChI is InChI=1S/C10H14N6/c1-15(6-10-13-7-14-16(10)2)9-3-4-12-5-8(9)11/h3-5,7H,6,11H2,1-2H3. The van der Waals surface area contributed by atoms with E-state index in [0.29, 0.717) is 12.2 Å². The molecular weight excluding hydrogens is 204 g/mol. The molecule has 84 valence electrons. The summed E-state index contributed by atoms with van der Waals surface area (Å²) < 4.78 is 1.74. The average molecular weight is 218 g/mol. The Balaban J connectivity index is 2.18. The zero-order valence-electron chi connectivity index (χ0n) is 9.33. The SMILES string of the molecule is CN(Cc1ncnn1C)c1ccncc1N. The van der Waals surface area contributed by atoms with Gasteiger partial charge in [-0.05, 0) is 6.07 Å².